The van der Waals surface area contributed by atoms with E-state index in [0.717, 1.165) is 24.2 Å². The van der Waals surface area contributed by atoms with Crippen molar-refractivity contribution in [3.8, 4) is 0 Å². The Morgan fingerprint density at radius 1 is 1.08 bits per heavy atom. The quantitative estimate of drug-likeness (QED) is 0.564. The minimum Gasteiger partial charge on any atom is -0.393 e. The zero-order chi connectivity index (χ0) is 9.00. The predicted molar refractivity (Wildman–Crippen MR) is 52.1 cm³/mol. The topological polar surface area (TPSA) is 20.2 Å². The molecule has 0 radical (unpaired) electrons. The standard InChI is InChI=1S/C12H18O/c1-7-2-5-10(13)12-9-4-3-8(6-9)11(7)12/h3-4,7-13H,2,5-6H2,1H3/t7-,8+,9-,10+,11+,12+/m1/s1. The highest BCUT2D eigenvalue weighted by Gasteiger charge is 2.51. The molecule has 0 amide bonds. The van der Waals surface area contributed by atoms with Crippen LogP contribution in [-0.4, -0.2) is 11.2 Å². The van der Waals surface area contributed by atoms with Crippen LogP contribution in [0.5, 0.6) is 0 Å². The van der Waals surface area contributed by atoms with Crippen LogP contribution in [0.1, 0.15) is 26.2 Å². The van der Waals surface area contributed by atoms with Crippen LogP contribution in [0.15, 0.2) is 12.2 Å². The third-order valence-electron chi connectivity index (χ3n) is 4.60. The Hall–Kier alpha value is -0.300. The summed E-state index contributed by atoms with van der Waals surface area (Å²) in [5.74, 6) is 3.78. The van der Waals surface area contributed by atoms with Gasteiger partial charge in [0.2, 0.25) is 0 Å². The lowest BCUT2D eigenvalue weighted by Crippen LogP contribution is -2.39. The van der Waals surface area contributed by atoms with Crippen molar-refractivity contribution in [3.63, 3.8) is 0 Å². The van der Waals surface area contributed by atoms with Crippen molar-refractivity contribution < 1.29 is 5.11 Å². The Labute approximate surface area is 79.8 Å². The fourth-order valence-electron chi connectivity index (χ4n) is 4.06. The lowest BCUT2D eigenvalue weighted by atomic mass is 9.67. The van der Waals surface area contributed by atoms with Crippen molar-refractivity contribution in [2.75, 3.05) is 0 Å². The molecule has 2 bridgehead atoms. The summed E-state index contributed by atoms with van der Waals surface area (Å²) in [7, 11) is 0. The summed E-state index contributed by atoms with van der Waals surface area (Å²) in [6.07, 6.45) is 8.37. The van der Waals surface area contributed by atoms with Crippen molar-refractivity contribution in [1.29, 1.82) is 0 Å². The Morgan fingerprint density at radius 2 is 1.77 bits per heavy atom. The summed E-state index contributed by atoms with van der Waals surface area (Å²) >= 11 is 0. The van der Waals surface area contributed by atoms with Crippen molar-refractivity contribution in [2.45, 2.75) is 32.3 Å². The molecule has 0 unspecified atom stereocenters. The number of aliphatic hydroxyl groups is 1. The van der Waals surface area contributed by atoms with Crippen LogP contribution < -0.4 is 0 Å². The summed E-state index contributed by atoms with van der Waals surface area (Å²) in [4.78, 5) is 0. The van der Waals surface area contributed by atoms with E-state index >= 15 is 0 Å². The first-order valence-corrected chi connectivity index (χ1v) is 5.64. The number of allylic oxidation sites excluding steroid dienone is 2. The van der Waals surface area contributed by atoms with Gasteiger partial charge >= 0.3 is 0 Å². The number of fused-ring (bicyclic) bond motifs is 5. The molecule has 2 saturated carbocycles. The first-order chi connectivity index (χ1) is 6.27. The van der Waals surface area contributed by atoms with E-state index < -0.39 is 0 Å². The Balaban J connectivity index is 1.94. The number of hydrogen-bond acceptors (Lipinski definition) is 1. The predicted octanol–water partition coefficient (Wildman–Crippen LogP) is 2.22. The SMILES string of the molecule is C[C@@H]1CC[C@H](O)[C@H]2[C@@H]1[C@H]1C=C[C@@H]2C1. The Bertz CT molecular complexity index is 222. The van der Waals surface area contributed by atoms with Crippen LogP contribution in [0.3, 0.4) is 0 Å². The Kier molecular flexibility index (Phi) is 1.61. The van der Waals surface area contributed by atoms with Crippen LogP contribution in [0.25, 0.3) is 0 Å². The second kappa shape index (κ2) is 2.60. The lowest BCUT2D eigenvalue weighted by molar-refractivity contribution is 0.00106. The molecule has 0 aromatic heterocycles. The third kappa shape index (κ3) is 0.969. The van der Waals surface area contributed by atoms with Crippen LogP contribution in [0.4, 0.5) is 0 Å². The fourth-order valence-corrected chi connectivity index (χ4v) is 4.06. The number of aliphatic hydroxyl groups excluding tert-OH is 1. The van der Waals surface area contributed by atoms with Crippen molar-refractivity contribution in [1.82, 2.24) is 0 Å². The van der Waals surface area contributed by atoms with Gasteiger partial charge in [-0.1, -0.05) is 19.1 Å². The van der Waals surface area contributed by atoms with E-state index in [0.29, 0.717) is 11.8 Å². The molecule has 2 fully saturated rings. The van der Waals surface area contributed by atoms with E-state index in [1.54, 1.807) is 0 Å². The monoisotopic (exact) mass is 178 g/mol. The van der Waals surface area contributed by atoms with Gasteiger partial charge in [-0.2, -0.15) is 0 Å². The molecular weight excluding hydrogens is 160 g/mol. The first-order valence-electron chi connectivity index (χ1n) is 5.64. The van der Waals surface area contributed by atoms with E-state index in [-0.39, 0.29) is 6.10 Å². The molecule has 1 heteroatoms. The second-order valence-corrected chi connectivity index (χ2v) is 5.22. The van der Waals surface area contributed by atoms with E-state index in [1.807, 2.05) is 0 Å². The van der Waals surface area contributed by atoms with Gasteiger partial charge < -0.3 is 5.11 Å². The van der Waals surface area contributed by atoms with Gasteiger partial charge in [-0.05, 0) is 48.9 Å². The summed E-state index contributed by atoms with van der Waals surface area (Å²) in [6.45, 7) is 2.37. The summed E-state index contributed by atoms with van der Waals surface area (Å²) in [6, 6.07) is 0. The zero-order valence-corrected chi connectivity index (χ0v) is 8.19. The van der Waals surface area contributed by atoms with Gasteiger partial charge in [0.15, 0.2) is 0 Å². The van der Waals surface area contributed by atoms with Crippen LogP contribution in [-0.2, 0) is 0 Å². The molecule has 0 aliphatic heterocycles. The fraction of sp³-hybridized carbons (Fsp3) is 0.833. The molecule has 0 aromatic rings. The average molecular weight is 178 g/mol. The van der Waals surface area contributed by atoms with Gasteiger partial charge in [-0.25, -0.2) is 0 Å². The molecule has 3 aliphatic carbocycles. The van der Waals surface area contributed by atoms with Crippen molar-refractivity contribution in [2.24, 2.45) is 29.6 Å². The average Bonchev–Trinajstić information content (AvgIpc) is 2.70. The maximum atomic E-state index is 9.99. The largest absolute Gasteiger partial charge is 0.393 e. The first kappa shape index (κ1) is 8.05. The molecular formula is C12H18O. The van der Waals surface area contributed by atoms with Crippen LogP contribution >= 0.6 is 0 Å². The highest BCUT2D eigenvalue weighted by molar-refractivity contribution is 5.16. The molecule has 1 N–H and O–H groups in total. The molecule has 3 rings (SSSR count). The maximum absolute atomic E-state index is 9.99. The number of rotatable bonds is 0. The lowest BCUT2D eigenvalue weighted by Gasteiger charge is -2.40. The summed E-state index contributed by atoms with van der Waals surface area (Å²) in [5.41, 5.74) is 0. The minimum absolute atomic E-state index is 0.00106. The van der Waals surface area contributed by atoms with Gasteiger partial charge in [0, 0.05) is 0 Å². The van der Waals surface area contributed by atoms with E-state index in [1.165, 1.54) is 12.8 Å². The van der Waals surface area contributed by atoms with Gasteiger partial charge in [-0.15, -0.1) is 0 Å². The molecule has 72 valence electrons. The molecule has 0 aromatic carbocycles. The molecule has 6 atom stereocenters. The van der Waals surface area contributed by atoms with E-state index in [2.05, 4.69) is 19.1 Å². The second-order valence-electron chi connectivity index (χ2n) is 5.22. The van der Waals surface area contributed by atoms with Gasteiger partial charge in [0.1, 0.15) is 0 Å². The molecule has 1 nitrogen and oxygen atoms in total. The highest BCUT2D eigenvalue weighted by Crippen LogP contribution is 2.55. The van der Waals surface area contributed by atoms with Gasteiger partial charge in [0.25, 0.3) is 0 Å². The molecule has 0 spiro atoms. The molecule has 0 heterocycles. The normalized spacial score (nSPS) is 58.3. The maximum Gasteiger partial charge on any atom is 0.0577 e. The molecule has 13 heavy (non-hydrogen) atoms. The number of hydrogen-bond donors (Lipinski definition) is 1. The van der Waals surface area contributed by atoms with Crippen molar-refractivity contribution >= 4 is 0 Å². The van der Waals surface area contributed by atoms with Crippen LogP contribution in [0, 0.1) is 29.6 Å². The Morgan fingerprint density at radius 3 is 2.46 bits per heavy atom. The molecule has 0 saturated heterocycles. The highest BCUT2D eigenvalue weighted by atomic mass is 16.3. The van der Waals surface area contributed by atoms with E-state index in [9.17, 15) is 5.11 Å². The summed E-state index contributed by atoms with van der Waals surface area (Å²) < 4.78 is 0. The molecule has 3 aliphatic rings. The zero-order valence-electron chi connectivity index (χ0n) is 8.19. The minimum atomic E-state index is 0.00106. The van der Waals surface area contributed by atoms with E-state index in [4.69, 9.17) is 0 Å². The van der Waals surface area contributed by atoms with Gasteiger partial charge in [-0.3, -0.25) is 0 Å². The van der Waals surface area contributed by atoms with Gasteiger partial charge in [0.05, 0.1) is 6.10 Å². The summed E-state index contributed by atoms with van der Waals surface area (Å²) in [5, 5.41) is 9.99. The smallest absolute Gasteiger partial charge is 0.0577 e. The van der Waals surface area contributed by atoms with Crippen LogP contribution in [0.2, 0.25) is 0 Å². The third-order valence-corrected chi connectivity index (χ3v) is 4.60. The van der Waals surface area contributed by atoms with Crippen molar-refractivity contribution in [3.05, 3.63) is 12.2 Å².